The molecular formula is C26H33F2N3O. The fourth-order valence-electron chi connectivity index (χ4n) is 6.93. The molecule has 1 aromatic rings. The molecule has 3 atom stereocenters. The molecule has 4 aliphatic heterocycles. The second-order valence-electron chi connectivity index (χ2n) is 10.4. The third-order valence-corrected chi connectivity index (χ3v) is 8.68. The van der Waals surface area contributed by atoms with Crippen molar-refractivity contribution in [1.82, 2.24) is 10.2 Å². The Labute approximate surface area is 189 Å². The van der Waals surface area contributed by atoms with Crippen LogP contribution in [0.3, 0.4) is 0 Å². The molecule has 6 rings (SSSR count). The third kappa shape index (κ3) is 3.46. The molecule has 1 aromatic carbocycles. The van der Waals surface area contributed by atoms with Crippen LogP contribution in [0.4, 0.5) is 14.5 Å². The van der Waals surface area contributed by atoms with E-state index in [2.05, 4.69) is 16.4 Å². The topological polar surface area (TPSA) is 35.6 Å². The van der Waals surface area contributed by atoms with Crippen molar-refractivity contribution in [3.8, 4) is 0 Å². The zero-order chi connectivity index (χ0) is 21.8. The first kappa shape index (κ1) is 20.6. The molecule has 0 radical (unpaired) electrons. The number of fused-ring (bicyclic) bond motifs is 1. The summed E-state index contributed by atoms with van der Waals surface area (Å²) >= 11 is 0. The van der Waals surface area contributed by atoms with E-state index in [-0.39, 0.29) is 11.7 Å². The fourth-order valence-corrected chi connectivity index (χ4v) is 6.93. The van der Waals surface area contributed by atoms with Crippen molar-refractivity contribution < 1.29 is 13.6 Å². The lowest BCUT2D eigenvalue weighted by molar-refractivity contribution is -0.118. The van der Waals surface area contributed by atoms with E-state index >= 15 is 4.39 Å². The maximum absolute atomic E-state index is 15.2. The van der Waals surface area contributed by atoms with Crippen molar-refractivity contribution >= 4 is 11.6 Å². The molecular weight excluding hydrogens is 408 g/mol. The quantitative estimate of drug-likeness (QED) is 0.770. The molecule has 0 spiro atoms. The van der Waals surface area contributed by atoms with Gasteiger partial charge in [0.1, 0.15) is 12.0 Å². The highest BCUT2D eigenvalue weighted by Gasteiger charge is 2.39. The van der Waals surface area contributed by atoms with Crippen LogP contribution in [0.15, 0.2) is 17.8 Å². The van der Waals surface area contributed by atoms with Gasteiger partial charge in [0.2, 0.25) is 5.91 Å². The first-order valence-electron chi connectivity index (χ1n) is 12.5. The first-order chi connectivity index (χ1) is 15.6. The number of likely N-dealkylation sites (tertiary alicyclic amines) is 1. The van der Waals surface area contributed by atoms with Gasteiger partial charge in [-0.3, -0.25) is 4.79 Å². The Kier molecular flexibility index (Phi) is 5.24. The number of nitrogens with one attached hydrogen (secondary N) is 1. The predicted molar refractivity (Wildman–Crippen MR) is 121 cm³/mol. The second kappa shape index (κ2) is 8.12. The normalized spacial score (nSPS) is 30.2. The average Bonchev–Trinajstić information content (AvgIpc) is 3.43. The summed E-state index contributed by atoms with van der Waals surface area (Å²) in [6.07, 6.45) is 8.86. The van der Waals surface area contributed by atoms with E-state index in [1.807, 2.05) is 6.07 Å². The van der Waals surface area contributed by atoms with Crippen LogP contribution in [0.5, 0.6) is 0 Å². The summed E-state index contributed by atoms with van der Waals surface area (Å²) in [5.74, 6) is 1.20. The zero-order valence-electron chi connectivity index (χ0n) is 18.7. The van der Waals surface area contributed by atoms with Gasteiger partial charge in [-0.15, -0.1) is 0 Å². The van der Waals surface area contributed by atoms with Crippen LogP contribution in [0.2, 0.25) is 0 Å². The summed E-state index contributed by atoms with van der Waals surface area (Å²) in [5, 5.41) is 3.46. The number of benzene rings is 1. The molecule has 1 amide bonds. The molecule has 1 aliphatic carbocycles. The van der Waals surface area contributed by atoms with Crippen LogP contribution in [-0.2, 0) is 24.1 Å². The van der Waals surface area contributed by atoms with Gasteiger partial charge in [0.15, 0.2) is 0 Å². The molecule has 1 saturated carbocycles. The van der Waals surface area contributed by atoms with Crippen LogP contribution in [0.25, 0.3) is 0 Å². The Morgan fingerprint density at radius 2 is 1.91 bits per heavy atom. The monoisotopic (exact) mass is 441 g/mol. The molecule has 6 heteroatoms. The van der Waals surface area contributed by atoms with Crippen molar-refractivity contribution in [2.24, 2.45) is 11.8 Å². The molecule has 5 aliphatic rings. The Morgan fingerprint density at radius 3 is 2.75 bits per heavy atom. The summed E-state index contributed by atoms with van der Waals surface area (Å²) in [6, 6.07) is 2.34. The van der Waals surface area contributed by atoms with Gasteiger partial charge >= 0.3 is 0 Å². The van der Waals surface area contributed by atoms with E-state index in [4.69, 9.17) is 0 Å². The number of amides is 1. The Hall–Kier alpha value is -1.95. The molecule has 172 valence electrons. The van der Waals surface area contributed by atoms with Crippen molar-refractivity contribution in [3.63, 3.8) is 0 Å². The molecule has 4 nitrogen and oxygen atoms in total. The van der Waals surface area contributed by atoms with Crippen LogP contribution in [-0.4, -0.2) is 49.2 Å². The fraction of sp³-hybridized carbons (Fsp3) is 0.654. The Balaban J connectivity index is 1.07. The largest absolute Gasteiger partial charge is 0.387 e. The van der Waals surface area contributed by atoms with Crippen molar-refractivity contribution in [1.29, 1.82) is 0 Å². The number of anilines is 1. The smallest absolute Gasteiger partial charge is 0.227 e. The Bertz CT molecular complexity index is 953. The third-order valence-electron chi connectivity index (χ3n) is 8.68. The minimum absolute atomic E-state index is 0.0764. The van der Waals surface area contributed by atoms with E-state index in [1.165, 1.54) is 5.57 Å². The minimum Gasteiger partial charge on any atom is -0.387 e. The lowest BCUT2D eigenvalue weighted by Gasteiger charge is -2.36. The van der Waals surface area contributed by atoms with Gasteiger partial charge in [-0.1, -0.05) is 6.07 Å². The molecule has 0 aromatic heterocycles. The summed E-state index contributed by atoms with van der Waals surface area (Å²) < 4.78 is 29.0. The maximum atomic E-state index is 15.2. The summed E-state index contributed by atoms with van der Waals surface area (Å²) in [5.41, 5.74) is 5.16. The average molecular weight is 442 g/mol. The number of carbonyl (C=O) groups excluding carboxylic acids is 1. The standard InChI is InChI=1S/C26H33F2N3O/c27-19-2-3-20-22(15-29-23(20)14-19)16-5-9-30(10-6-16)11-7-17-13-18-1-4-24(32)31-12-8-21(25(17)28)26(18)31/h13,15-16,19-20,23,29H,1-12,14H2. The molecule has 1 N–H and O–H groups in total. The van der Waals surface area contributed by atoms with Gasteiger partial charge < -0.3 is 15.1 Å². The van der Waals surface area contributed by atoms with Crippen LogP contribution < -0.4 is 10.2 Å². The maximum Gasteiger partial charge on any atom is 0.227 e. The van der Waals surface area contributed by atoms with Crippen molar-refractivity contribution in [2.75, 3.05) is 31.1 Å². The molecule has 4 heterocycles. The minimum atomic E-state index is -0.643. The van der Waals surface area contributed by atoms with Crippen molar-refractivity contribution in [3.05, 3.63) is 40.3 Å². The number of rotatable bonds is 4. The summed E-state index contributed by atoms with van der Waals surface area (Å²) in [6.45, 7) is 3.62. The molecule has 32 heavy (non-hydrogen) atoms. The summed E-state index contributed by atoms with van der Waals surface area (Å²) in [7, 11) is 0. The van der Waals surface area contributed by atoms with E-state index in [1.54, 1.807) is 4.90 Å². The van der Waals surface area contributed by atoms with Gasteiger partial charge in [-0.25, -0.2) is 8.78 Å². The van der Waals surface area contributed by atoms with Gasteiger partial charge in [-0.05, 0) is 93.3 Å². The number of nitrogens with zero attached hydrogens (tertiary/aromatic N) is 2. The molecule has 2 fully saturated rings. The highest BCUT2D eigenvalue weighted by molar-refractivity contribution is 5.98. The zero-order valence-corrected chi connectivity index (χ0v) is 18.7. The first-order valence-corrected chi connectivity index (χ1v) is 12.5. The van der Waals surface area contributed by atoms with Crippen LogP contribution in [0, 0.1) is 17.7 Å². The molecule has 3 unspecified atom stereocenters. The van der Waals surface area contributed by atoms with E-state index in [9.17, 15) is 9.18 Å². The molecule has 1 saturated heterocycles. The number of hydrogen-bond donors (Lipinski definition) is 1. The number of hydrogen-bond acceptors (Lipinski definition) is 3. The van der Waals surface area contributed by atoms with Crippen LogP contribution in [0.1, 0.15) is 55.2 Å². The number of halogens is 2. The highest BCUT2D eigenvalue weighted by Crippen LogP contribution is 2.42. The van der Waals surface area contributed by atoms with Gasteiger partial charge in [0.05, 0.1) is 5.69 Å². The van der Waals surface area contributed by atoms with Crippen molar-refractivity contribution in [2.45, 2.75) is 70.0 Å². The second-order valence-corrected chi connectivity index (χ2v) is 10.4. The number of aryl methyl sites for hydroxylation is 1. The lowest BCUT2D eigenvalue weighted by atomic mass is 9.75. The van der Waals surface area contributed by atoms with Gasteiger partial charge in [0.25, 0.3) is 0 Å². The number of alkyl halides is 1. The van der Waals surface area contributed by atoms with E-state index in [0.717, 1.165) is 74.1 Å². The molecule has 0 bridgehead atoms. The SMILES string of the molecule is O=C1CCc2cc(CCN3CCC(C4=CNC5CC(F)CCC45)CC3)c(F)c3c2N1CC3. The predicted octanol–water partition coefficient (Wildman–Crippen LogP) is 3.91. The number of carbonyl (C=O) groups is 1. The van der Waals surface area contributed by atoms with Gasteiger partial charge in [0, 0.05) is 37.0 Å². The number of piperidine rings is 1. The lowest BCUT2D eigenvalue weighted by Crippen LogP contribution is -2.39. The summed E-state index contributed by atoms with van der Waals surface area (Å²) in [4.78, 5) is 16.4. The van der Waals surface area contributed by atoms with E-state index < -0.39 is 6.17 Å². The highest BCUT2D eigenvalue weighted by atomic mass is 19.1. The van der Waals surface area contributed by atoms with E-state index in [0.29, 0.717) is 50.1 Å². The van der Waals surface area contributed by atoms with Gasteiger partial charge in [-0.2, -0.15) is 0 Å². The van der Waals surface area contributed by atoms with Crippen LogP contribution >= 0.6 is 0 Å². The Morgan fingerprint density at radius 1 is 1.06 bits per heavy atom.